The zero-order valence-electron chi connectivity index (χ0n) is 24.1. The normalized spacial score (nSPS) is 11.4. The maximum absolute atomic E-state index is 13.4. The molecule has 1 atom stereocenters. The number of alkyl carbamates (subject to hydrolysis) is 1. The van der Waals surface area contributed by atoms with Crippen LogP contribution in [0.5, 0.6) is 5.75 Å². The number of Topliss-reactive ketones (excluding diaryl/α,β-unsaturated/α-hetero) is 1. The molecular formula is C33H37N3O5. The van der Waals surface area contributed by atoms with Crippen LogP contribution in [-0.2, 0) is 9.53 Å². The molecule has 0 aliphatic rings. The standard InChI is InChI=1S/C31H31N3O5.C2H6/c1-31(2,3)39-30(37)33-19-27(29(36)34-25-12-9-24-18-32-16-15-23(24)17-25)21-10-13-26(14-11-21)38-20-28(35)22-7-5-4-6-8-22;1-2/h4-18,27H,19-20H2,1-3H3,(H,33,37)(H,34,36);1-2H3. The van der Waals surface area contributed by atoms with Gasteiger partial charge in [0.2, 0.25) is 5.91 Å². The summed E-state index contributed by atoms with van der Waals surface area (Å²) in [6.07, 6.45) is 2.84. The van der Waals surface area contributed by atoms with Crippen LogP contribution in [0.1, 0.15) is 56.5 Å². The molecule has 0 fully saturated rings. The first kappa shape index (κ1) is 30.8. The van der Waals surface area contributed by atoms with Gasteiger partial charge >= 0.3 is 6.09 Å². The fourth-order valence-corrected chi connectivity index (χ4v) is 3.90. The first-order chi connectivity index (χ1) is 19.7. The minimum absolute atomic E-state index is 0.0188. The number of amides is 2. The Hall–Kier alpha value is -4.72. The number of carbonyl (C=O) groups excluding carboxylic acids is 3. The summed E-state index contributed by atoms with van der Waals surface area (Å²) in [6, 6.07) is 23.2. The van der Waals surface area contributed by atoms with Crippen molar-refractivity contribution in [3.8, 4) is 5.75 Å². The molecule has 214 valence electrons. The van der Waals surface area contributed by atoms with Gasteiger partial charge in [-0.15, -0.1) is 0 Å². The highest BCUT2D eigenvalue weighted by Crippen LogP contribution is 2.24. The van der Waals surface area contributed by atoms with Crippen LogP contribution < -0.4 is 15.4 Å². The third kappa shape index (κ3) is 9.46. The SMILES string of the molecule is CC.CC(C)(C)OC(=O)NCC(C(=O)Nc1ccc2cnccc2c1)c1ccc(OCC(=O)c2ccccc2)cc1. The molecule has 2 N–H and O–H groups in total. The number of ketones is 1. The lowest BCUT2D eigenvalue weighted by Gasteiger charge is -2.22. The van der Waals surface area contributed by atoms with E-state index in [4.69, 9.17) is 9.47 Å². The molecule has 4 rings (SSSR count). The van der Waals surface area contributed by atoms with E-state index < -0.39 is 17.6 Å². The summed E-state index contributed by atoms with van der Waals surface area (Å²) < 4.78 is 11.0. The average Bonchev–Trinajstić information content (AvgIpc) is 2.97. The van der Waals surface area contributed by atoms with Gasteiger partial charge in [-0.2, -0.15) is 0 Å². The number of hydrogen-bond acceptors (Lipinski definition) is 6. The molecular weight excluding hydrogens is 518 g/mol. The summed E-state index contributed by atoms with van der Waals surface area (Å²) >= 11 is 0. The summed E-state index contributed by atoms with van der Waals surface area (Å²) in [7, 11) is 0. The summed E-state index contributed by atoms with van der Waals surface area (Å²) in [5, 5.41) is 7.55. The van der Waals surface area contributed by atoms with Crippen LogP contribution in [0.25, 0.3) is 10.8 Å². The molecule has 4 aromatic rings. The Kier molecular flexibility index (Phi) is 11.0. The molecule has 1 unspecified atom stereocenters. The van der Waals surface area contributed by atoms with E-state index in [1.165, 1.54) is 0 Å². The van der Waals surface area contributed by atoms with Gasteiger partial charge in [0.1, 0.15) is 11.4 Å². The number of pyridine rings is 1. The van der Waals surface area contributed by atoms with Crippen molar-refractivity contribution in [2.24, 2.45) is 0 Å². The Balaban J connectivity index is 0.00000226. The van der Waals surface area contributed by atoms with E-state index >= 15 is 0 Å². The molecule has 8 heteroatoms. The quantitative estimate of drug-likeness (QED) is 0.221. The third-order valence-electron chi connectivity index (χ3n) is 5.82. The van der Waals surface area contributed by atoms with Crippen LogP contribution in [0.2, 0.25) is 0 Å². The molecule has 1 heterocycles. The van der Waals surface area contributed by atoms with Gasteiger partial charge in [-0.25, -0.2) is 4.79 Å². The van der Waals surface area contributed by atoms with E-state index in [0.717, 1.165) is 10.8 Å². The van der Waals surface area contributed by atoms with Crippen LogP contribution in [-0.4, -0.2) is 41.5 Å². The van der Waals surface area contributed by atoms with Gasteiger partial charge in [0.05, 0.1) is 5.92 Å². The molecule has 0 spiro atoms. The Morgan fingerprint density at radius 2 is 1.59 bits per heavy atom. The molecule has 0 saturated carbocycles. The number of nitrogens with one attached hydrogen (secondary N) is 2. The number of benzene rings is 3. The fraction of sp³-hybridized carbons (Fsp3) is 0.273. The largest absolute Gasteiger partial charge is 0.485 e. The number of fused-ring (bicyclic) bond motifs is 1. The number of rotatable bonds is 9. The minimum Gasteiger partial charge on any atom is -0.485 e. The molecule has 8 nitrogen and oxygen atoms in total. The smallest absolute Gasteiger partial charge is 0.407 e. The van der Waals surface area contributed by atoms with Crippen molar-refractivity contribution < 1.29 is 23.9 Å². The van der Waals surface area contributed by atoms with Gasteiger partial charge in [-0.3, -0.25) is 14.6 Å². The molecule has 0 bridgehead atoms. The second-order valence-electron chi connectivity index (χ2n) is 10.0. The maximum atomic E-state index is 13.4. The Morgan fingerprint density at radius 1 is 0.878 bits per heavy atom. The van der Waals surface area contributed by atoms with Gasteiger partial charge in [0.15, 0.2) is 12.4 Å². The molecule has 41 heavy (non-hydrogen) atoms. The lowest BCUT2D eigenvalue weighted by atomic mass is 9.97. The summed E-state index contributed by atoms with van der Waals surface area (Å²) in [5.74, 6) is -0.659. The second kappa shape index (κ2) is 14.6. The number of nitrogens with zero attached hydrogens (tertiary/aromatic N) is 1. The summed E-state index contributed by atoms with van der Waals surface area (Å²) in [6.45, 7) is 9.23. The van der Waals surface area contributed by atoms with E-state index in [1.807, 2.05) is 38.1 Å². The van der Waals surface area contributed by atoms with E-state index in [2.05, 4.69) is 15.6 Å². The molecule has 0 radical (unpaired) electrons. The lowest BCUT2D eigenvalue weighted by Crippen LogP contribution is -2.37. The first-order valence-electron chi connectivity index (χ1n) is 13.6. The van der Waals surface area contributed by atoms with Crippen molar-refractivity contribution >= 4 is 34.2 Å². The number of ether oxygens (including phenoxy) is 2. The van der Waals surface area contributed by atoms with Crippen molar-refractivity contribution in [3.63, 3.8) is 0 Å². The van der Waals surface area contributed by atoms with Crippen molar-refractivity contribution in [1.29, 1.82) is 0 Å². The average molecular weight is 556 g/mol. The van der Waals surface area contributed by atoms with Crippen molar-refractivity contribution in [3.05, 3.63) is 102 Å². The van der Waals surface area contributed by atoms with Gasteiger partial charge in [0.25, 0.3) is 0 Å². The first-order valence-corrected chi connectivity index (χ1v) is 13.6. The van der Waals surface area contributed by atoms with Gasteiger partial charge < -0.3 is 20.1 Å². The van der Waals surface area contributed by atoms with E-state index in [1.54, 1.807) is 87.8 Å². The second-order valence-corrected chi connectivity index (χ2v) is 10.0. The van der Waals surface area contributed by atoms with Crippen molar-refractivity contribution in [1.82, 2.24) is 10.3 Å². The molecule has 2 amide bonds. The molecule has 1 aromatic heterocycles. The highest BCUT2D eigenvalue weighted by molar-refractivity contribution is 5.98. The van der Waals surface area contributed by atoms with Gasteiger partial charge in [-0.05, 0) is 62.1 Å². The van der Waals surface area contributed by atoms with Crippen LogP contribution >= 0.6 is 0 Å². The molecule has 0 aliphatic heterocycles. The number of anilines is 1. The Labute approximate surface area is 241 Å². The van der Waals surface area contributed by atoms with Crippen LogP contribution in [0.3, 0.4) is 0 Å². The van der Waals surface area contributed by atoms with E-state index in [-0.39, 0.29) is 24.8 Å². The Bertz CT molecular complexity index is 1450. The monoisotopic (exact) mass is 555 g/mol. The molecule has 3 aromatic carbocycles. The zero-order valence-corrected chi connectivity index (χ0v) is 24.1. The number of hydrogen-bond donors (Lipinski definition) is 2. The number of aromatic nitrogens is 1. The Morgan fingerprint density at radius 3 is 2.27 bits per heavy atom. The predicted molar refractivity (Wildman–Crippen MR) is 161 cm³/mol. The van der Waals surface area contributed by atoms with Gasteiger partial charge in [-0.1, -0.05) is 62.4 Å². The summed E-state index contributed by atoms with van der Waals surface area (Å²) in [5.41, 5.74) is 1.19. The van der Waals surface area contributed by atoms with Gasteiger partial charge in [0, 0.05) is 35.6 Å². The third-order valence-corrected chi connectivity index (χ3v) is 5.82. The fourth-order valence-electron chi connectivity index (χ4n) is 3.90. The molecule has 0 aliphatic carbocycles. The van der Waals surface area contributed by atoms with E-state index in [0.29, 0.717) is 22.6 Å². The minimum atomic E-state index is -0.717. The maximum Gasteiger partial charge on any atom is 0.407 e. The highest BCUT2D eigenvalue weighted by Gasteiger charge is 2.24. The lowest BCUT2D eigenvalue weighted by molar-refractivity contribution is -0.117. The predicted octanol–water partition coefficient (Wildman–Crippen LogP) is 6.77. The number of carbonyl (C=O) groups is 3. The van der Waals surface area contributed by atoms with Crippen LogP contribution in [0.15, 0.2) is 91.3 Å². The van der Waals surface area contributed by atoms with E-state index in [9.17, 15) is 14.4 Å². The zero-order chi connectivity index (χ0) is 29.8. The van der Waals surface area contributed by atoms with Crippen molar-refractivity contribution in [2.45, 2.75) is 46.1 Å². The topological polar surface area (TPSA) is 107 Å². The summed E-state index contributed by atoms with van der Waals surface area (Å²) in [4.78, 5) is 42.2. The van der Waals surface area contributed by atoms with Crippen molar-refractivity contribution in [2.75, 3.05) is 18.5 Å². The highest BCUT2D eigenvalue weighted by atomic mass is 16.6. The van der Waals surface area contributed by atoms with Crippen LogP contribution in [0, 0.1) is 0 Å². The van der Waals surface area contributed by atoms with Crippen LogP contribution in [0.4, 0.5) is 10.5 Å². The molecule has 0 saturated heterocycles.